The number of nitrogens with zero attached hydrogens (tertiary/aromatic N) is 1. The van der Waals surface area contributed by atoms with Gasteiger partial charge >= 0.3 is 0 Å². The lowest BCUT2D eigenvalue weighted by Gasteiger charge is -2.27. The average molecular weight is 270 g/mol. The summed E-state index contributed by atoms with van der Waals surface area (Å²) in [7, 11) is 3.34. The minimum absolute atomic E-state index is 0.00237. The summed E-state index contributed by atoms with van der Waals surface area (Å²) < 4.78 is 10.7. The Morgan fingerprint density at radius 3 is 2.37 bits per heavy atom. The van der Waals surface area contributed by atoms with Crippen LogP contribution in [-0.4, -0.2) is 56.4 Å². The van der Waals surface area contributed by atoms with Crippen LogP contribution in [-0.2, 0) is 14.3 Å². The second-order valence-electron chi connectivity index (χ2n) is 5.84. The van der Waals surface area contributed by atoms with E-state index in [-0.39, 0.29) is 24.2 Å². The molecule has 2 N–H and O–H groups in total. The predicted molar refractivity (Wildman–Crippen MR) is 72.7 cm³/mol. The van der Waals surface area contributed by atoms with Gasteiger partial charge in [-0.1, -0.05) is 6.42 Å². The van der Waals surface area contributed by atoms with Gasteiger partial charge in [-0.25, -0.2) is 0 Å². The van der Waals surface area contributed by atoms with Crippen molar-refractivity contribution < 1.29 is 14.3 Å². The predicted octanol–water partition coefficient (Wildman–Crippen LogP) is 0.766. The van der Waals surface area contributed by atoms with E-state index >= 15 is 0 Å². The molecule has 5 nitrogen and oxygen atoms in total. The third kappa shape index (κ3) is 3.68. The first-order chi connectivity index (χ1) is 9.13. The zero-order valence-corrected chi connectivity index (χ0v) is 12.0. The van der Waals surface area contributed by atoms with Gasteiger partial charge in [0, 0.05) is 39.8 Å². The van der Waals surface area contributed by atoms with Gasteiger partial charge in [0.25, 0.3) is 0 Å². The molecule has 2 aliphatic rings. The monoisotopic (exact) mass is 270 g/mol. The molecule has 110 valence electrons. The fraction of sp³-hybridized carbons (Fsp3) is 0.929. The molecule has 5 heteroatoms. The summed E-state index contributed by atoms with van der Waals surface area (Å²) >= 11 is 0. The van der Waals surface area contributed by atoms with E-state index in [1.54, 1.807) is 14.2 Å². The van der Waals surface area contributed by atoms with Crippen LogP contribution in [0.2, 0.25) is 0 Å². The highest BCUT2D eigenvalue weighted by atomic mass is 16.5. The maximum atomic E-state index is 12.3. The lowest BCUT2D eigenvalue weighted by Crippen LogP contribution is -2.34. The Hall–Kier alpha value is -0.650. The Morgan fingerprint density at radius 2 is 1.84 bits per heavy atom. The van der Waals surface area contributed by atoms with Crippen LogP contribution in [0, 0.1) is 5.92 Å². The molecule has 1 heterocycles. The zero-order chi connectivity index (χ0) is 13.8. The second-order valence-corrected chi connectivity index (χ2v) is 5.84. The normalized spacial score (nSPS) is 35.6. The van der Waals surface area contributed by atoms with Crippen LogP contribution >= 0.6 is 0 Å². The first-order valence-corrected chi connectivity index (χ1v) is 7.23. The lowest BCUT2D eigenvalue weighted by molar-refractivity contribution is -0.132. The molecule has 0 bridgehead atoms. The molecule has 1 saturated heterocycles. The molecule has 1 aliphatic heterocycles. The third-order valence-corrected chi connectivity index (χ3v) is 4.46. The van der Waals surface area contributed by atoms with E-state index < -0.39 is 0 Å². The second kappa shape index (κ2) is 6.68. The summed E-state index contributed by atoms with van der Waals surface area (Å²) in [5, 5.41) is 0. The number of likely N-dealkylation sites (tertiary alicyclic amines) is 1. The zero-order valence-electron chi connectivity index (χ0n) is 12.0. The maximum Gasteiger partial charge on any atom is 0.223 e. The highest BCUT2D eigenvalue weighted by molar-refractivity contribution is 5.77. The van der Waals surface area contributed by atoms with Gasteiger partial charge in [0.05, 0.1) is 0 Å². The molecule has 4 atom stereocenters. The van der Waals surface area contributed by atoms with Gasteiger partial charge in [-0.05, 0) is 25.2 Å². The SMILES string of the molecule is COC1CN(C(=O)CC2CCCC(N)C2)CC1OC. The summed E-state index contributed by atoms with van der Waals surface area (Å²) in [6, 6.07) is 0.281. The topological polar surface area (TPSA) is 64.8 Å². The molecule has 0 radical (unpaired) electrons. The number of hydrogen-bond acceptors (Lipinski definition) is 4. The third-order valence-electron chi connectivity index (χ3n) is 4.46. The highest BCUT2D eigenvalue weighted by Gasteiger charge is 2.36. The standard InChI is InChI=1S/C14H26N2O3/c1-18-12-8-16(9-13(12)19-2)14(17)7-10-4-3-5-11(15)6-10/h10-13H,3-9,15H2,1-2H3. The molecule has 1 saturated carbocycles. The molecule has 0 aromatic carbocycles. The van der Waals surface area contributed by atoms with Crippen LogP contribution in [0.15, 0.2) is 0 Å². The summed E-state index contributed by atoms with van der Waals surface area (Å²) in [6.45, 7) is 1.29. The molecule has 19 heavy (non-hydrogen) atoms. The summed E-state index contributed by atoms with van der Waals surface area (Å²) in [4.78, 5) is 14.2. The number of methoxy groups -OCH3 is 2. The Labute approximate surface area is 115 Å². The number of carbonyl (C=O) groups is 1. The van der Waals surface area contributed by atoms with Crippen molar-refractivity contribution in [2.75, 3.05) is 27.3 Å². The number of ether oxygens (including phenoxy) is 2. The van der Waals surface area contributed by atoms with Crippen LogP contribution in [0.5, 0.6) is 0 Å². The van der Waals surface area contributed by atoms with E-state index in [1.807, 2.05) is 4.90 Å². The van der Waals surface area contributed by atoms with Gasteiger partial charge in [-0.2, -0.15) is 0 Å². The number of rotatable bonds is 4. The molecule has 0 spiro atoms. The molecular weight excluding hydrogens is 244 g/mol. The van der Waals surface area contributed by atoms with Gasteiger partial charge < -0.3 is 20.1 Å². The summed E-state index contributed by atoms with van der Waals surface area (Å²) in [6.07, 6.45) is 5.01. The molecule has 1 aliphatic carbocycles. The summed E-state index contributed by atoms with van der Waals surface area (Å²) in [5.74, 6) is 0.680. The van der Waals surface area contributed by atoms with E-state index in [0.717, 1.165) is 25.7 Å². The maximum absolute atomic E-state index is 12.3. The minimum Gasteiger partial charge on any atom is -0.377 e. The molecule has 1 amide bonds. The molecule has 0 aromatic rings. The number of carbonyl (C=O) groups excluding carboxylic acids is 1. The smallest absolute Gasteiger partial charge is 0.223 e. The van der Waals surface area contributed by atoms with Crippen LogP contribution in [0.1, 0.15) is 32.1 Å². The van der Waals surface area contributed by atoms with Crippen LogP contribution in [0.25, 0.3) is 0 Å². The van der Waals surface area contributed by atoms with Gasteiger partial charge in [-0.3, -0.25) is 4.79 Å². The van der Waals surface area contributed by atoms with E-state index in [4.69, 9.17) is 15.2 Å². The van der Waals surface area contributed by atoms with Crippen LogP contribution in [0.3, 0.4) is 0 Å². The highest BCUT2D eigenvalue weighted by Crippen LogP contribution is 2.27. The van der Waals surface area contributed by atoms with Crippen molar-refractivity contribution in [2.24, 2.45) is 11.7 Å². The average Bonchev–Trinajstić information content (AvgIpc) is 2.82. The quantitative estimate of drug-likeness (QED) is 0.819. The first-order valence-electron chi connectivity index (χ1n) is 7.23. The number of nitrogens with two attached hydrogens (primary N) is 1. The van der Waals surface area contributed by atoms with Crippen LogP contribution in [0.4, 0.5) is 0 Å². The number of hydrogen-bond donors (Lipinski definition) is 1. The van der Waals surface area contributed by atoms with Crippen molar-refractivity contribution >= 4 is 5.91 Å². The fourth-order valence-corrected chi connectivity index (χ4v) is 3.29. The van der Waals surface area contributed by atoms with E-state index in [2.05, 4.69) is 0 Å². The molecule has 2 rings (SSSR count). The van der Waals surface area contributed by atoms with Gasteiger partial charge in [0.15, 0.2) is 0 Å². The van der Waals surface area contributed by atoms with Gasteiger partial charge in [0.1, 0.15) is 12.2 Å². The van der Waals surface area contributed by atoms with Crippen molar-refractivity contribution in [1.29, 1.82) is 0 Å². The molecular formula is C14H26N2O3. The molecule has 0 aromatic heterocycles. The largest absolute Gasteiger partial charge is 0.377 e. The van der Waals surface area contributed by atoms with E-state index in [9.17, 15) is 4.79 Å². The van der Waals surface area contributed by atoms with Gasteiger partial charge in [0.2, 0.25) is 5.91 Å². The Bertz CT molecular complexity index is 299. The van der Waals surface area contributed by atoms with Crippen molar-refractivity contribution in [3.8, 4) is 0 Å². The Kier molecular flexibility index (Phi) is 5.19. The summed E-state index contributed by atoms with van der Waals surface area (Å²) in [5.41, 5.74) is 5.98. The Balaban J connectivity index is 1.83. The van der Waals surface area contributed by atoms with Crippen LogP contribution < -0.4 is 5.73 Å². The minimum atomic E-state index is 0.00237. The van der Waals surface area contributed by atoms with Crippen molar-refractivity contribution in [2.45, 2.75) is 50.4 Å². The lowest BCUT2D eigenvalue weighted by atomic mass is 9.84. The van der Waals surface area contributed by atoms with E-state index in [0.29, 0.717) is 25.4 Å². The first kappa shape index (κ1) is 14.8. The molecule has 2 fully saturated rings. The molecule has 4 unspecified atom stereocenters. The van der Waals surface area contributed by atoms with Crippen molar-refractivity contribution in [3.63, 3.8) is 0 Å². The van der Waals surface area contributed by atoms with E-state index in [1.165, 1.54) is 0 Å². The fourth-order valence-electron chi connectivity index (χ4n) is 3.29. The van der Waals surface area contributed by atoms with Crippen molar-refractivity contribution in [3.05, 3.63) is 0 Å². The number of amides is 1. The Morgan fingerprint density at radius 1 is 1.21 bits per heavy atom. The van der Waals surface area contributed by atoms with Crippen molar-refractivity contribution in [1.82, 2.24) is 4.90 Å². The van der Waals surface area contributed by atoms with Gasteiger partial charge in [-0.15, -0.1) is 0 Å².